The van der Waals surface area contributed by atoms with E-state index in [1.165, 1.54) is 0 Å². The Labute approximate surface area is 52.9 Å². The highest BCUT2D eigenvalue weighted by Crippen LogP contribution is 1.97. The van der Waals surface area contributed by atoms with Gasteiger partial charge in [-0.25, -0.2) is 0 Å². The summed E-state index contributed by atoms with van der Waals surface area (Å²) >= 11 is 0. The summed E-state index contributed by atoms with van der Waals surface area (Å²) in [7, 11) is 0. The predicted octanol–water partition coefficient (Wildman–Crippen LogP) is -0.440. The van der Waals surface area contributed by atoms with Crippen LogP contribution in [0.15, 0.2) is 0 Å². The third kappa shape index (κ3) is 2.67. The minimum atomic E-state index is -1.09. The first-order valence-corrected chi connectivity index (χ1v) is 2.55. The molecule has 0 heterocycles. The Morgan fingerprint density at radius 2 is 2.44 bits per heavy atom. The Hall–Kier alpha value is -1.08. The molecule has 1 unspecified atom stereocenters. The number of carboxylic acids is 1. The van der Waals surface area contributed by atoms with Gasteiger partial charge in [-0.05, 0) is 13.0 Å². The fourth-order valence-electron chi connectivity index (χ4n) is 0.410. The van der Waals surface area contributed by atoms with Crippen LogP contribution in [0.4, 0.5) is 0 Å². The molecule has 0 amide bonds. The number of nitriles is 1. The monoisotopic (exact) mass is 128 g/mol. The van der Waals surface area contributed by atoms with Gasteiger partial charge in [0.2, 0.25) is 0 Å². The van der Waals surface area contributed by atoms with Gasteiger partial charge < -0.3 is 10.8 Å². The van der Waals surface area contributed by atoms with Crippen LogP contribution in [0.2, 0.25) is 0 Å². The molecule has 0 radical (unpaired) electrons. The lowest BCUT2D eigenvalue weighted by atomic mass is 10.1. The van der Waals surface area contributed by atoms with Gasteiger partial charge in [0.05, 0.1) is 6.07 Å². The number of nitrogens with two attached hydrogens (primary N) is 1. The van der Waals surface area contributed by atoms with Crippen molar-refractivity contribution in [2.24, 2.45) is 11.7 Å². The Bertz CT molecular complexity index is 138. The van der Waals surface area contributed by atoms with Crippen LogP contribution in [-0.4, -0.2) is 17.6 Å². The van der Waals surface area contributed by atoms with Crippen LogP contribution in [0.25, 0.3) is 0 Å². The lowest BCUT2D eigenvalue weighted by Crippen LogP contribution is -2.15. The average Bonchev–Trinajstić information content (AvgIpc) is 1.82. The highest BCUT2D eigenvalue weighted by atomic mass is 16.4. The van der Waals surface area contributed by atoms with Gasteiger partial charge in [-0.3, -0.25) is 4.79 Å². The number of rotatable bonds is 3. The molecule has 50 valence electrons. The molecule has 3 N–H and O–H groups in total. The van der Waals surface area contributed by atoms with Gasteiger partial charge in [0.1, 0.15) is 5.92 Å². The third-order valence-electron chi connectivity index (χ3n) is 0.909. The number of aliphatic carboxylic acids is 1. The van der Waals surface area contributed by atoms with E-state index in [0.29, 0.717) is 0 Å². The molecule has 0 bridgehead atoms. The van der Waals surface area contributed by atoms with E-state index < -0.39 is 11.9 Å². The van der Waals surface area contributed by atoms with Gasteiger partial charge in [0, 0.05) is 0 Å². The molecule has 4 heteroatoms. The zero-order valence-electron chi connectivity index (χ0n) is 4.87. The Morgan fingerprint density at radius 1 is 1.89 bits per heavy atom. The zero-order valence-corrected chi connectivity index (χ0v) is 4.87. The van der Waals surface area contributed by atoms with E-state index in [4.69, 9.17) is 16.1 Å². The number of nitrogens with zero attached hydrogens (tertiary/aromatic N) is 1. The summed E-state index contributed by atoms with van der Waals surface area (Å²) in [4.78, 5) is 10.0. The lowest BCUT2D eigenvalue weighted by Gasteiger charge is -1.97. The molecule has 1 atom stereocenters. The number of carbonyl (C=O) groups is 1. The van der Waals surface area contributed by atoms with Crippen molar-refractivity contribution in [2.45, 2.75) is 6.42 Å². The molecule has 0 aliphatic heterocycles. The van der Waals surface area contributed by atoms with Gasteiger partial charge in [0.15, 0.2) is 0 Å². The molecule has 0 fully saturated rings. The summed E-state index contributed by atoms with van der Waals surface area (Å²) in [5.41, 5.74) is 5.03. The van der Waals surface area contributed by atoms with Crippen LogP contribution in [0.5, 0.6) is 0 Å². The largest absolute Gasteiger partial charge is 0.480 e. The molecule has 0 spiro atoms. The molecule has 0 aliphatic carbocycles. The second-order valence-corrected chi connectivity index (χ2v) is 1.60. The molecular weight excluding hydrogens is 120 g/mol. The smallest absolute Gasteiger partial charge is 0.320 e. The minimum absolute atomic E-state index is 0.228. The molecule has 0 aromatic heterocycles. The van der Waals surface area contributed by atoms with Crippen molar-refractivity contribution in [3.05, 3.63) is 0 Å². The minimum Gasteiger partial charge on any atom is -0.480 e. The van der Waals surface area contributed by atoms with Gasteiger partial charge in [0.25, 0.3) is 0 Å². The fraction of sp³-hybridized carbons (Fsp3) is 0.600. The van der Waals surface area contributed by atoms with Crippen LogP contribution >= 0.6 is 0 Å². The summed E-state index contributed by atoms with van der Waals surface area (Å²) in [6, 6.07) is 1.62. The molecule has 0 aromatic carbocycles. The fourth-order valence-corrected chi connectivity index (χ4v) is 0.410. The topological polar surface area (TPSA) is 87.1 Å². The number of hydrogen-bond acceptors (Lipinski definition) is 3. The van der Waals surface area contributed by atoms with E-state index in [1.807, 2.05) is 0 Å². The maximum absolute atomic E-state index is 10.0. The molecule has 0 saturated heterocycles. The van der Waals surface area contributed by atoms with E-state index in [1.54, 1.807) is 6.07 Å². The molecule has 0 aliphatic rings. The van der Waals surface area contributed by atoms with Crippen LogP contribution in [-0.2, 0) is 4.79 Å². The summed E-state index contributed by atoms with van der Waals surface area (Å²) in [6.45, 7) is 0.241. The van der Waals surface area contributed by atoms with Crippen molar-refractivity contribution in [3.63, 3.8) is 0 Å². The summed E-state index contributed by atoms with van der Waals surface area (Å²) in [5, 5.41) is 16.4. The molecule has 0 rings (SSSR count). The van der Waals surface area contributed by atoms with Crippen LogP contribution in [0.1, 0.15) is 6.42 Å². The Kier molecular flexibility index (Phi) is 3.40. The van der Waals surface area contributed by atoms with Crippen LogP contribution in [0, 0.1) is 17.2 Å². The van der Waals surface area contributed by atoms with E-state index in [9.17, 15) is 4.79 Å². The normalized spacial score (nSPS) is 12.0. The zero-order chi connectivity index (χ0) is 7.28. The maximum atomic E-state index is 10.0. The van der Waals surface area contributed by atoms with Crippen molar-refractivity contribution in [1.82, 2.24) is 0 Å². The van der Waals surface area contributed by atoms with Gasteiger partial charge in [-0.2, -0.15) is 5.26 Å². The van der Waals surface area contributed by atoms with Crippen molar-refractivity contribution in [1.29, 1.82) is 5.26 Å². The van der Waals surface area contributed by atoms with Crippen LogP contribution in [0.3, 0.4) is 0 Å². The molecule has 9 heavy (non-hydrogen) atoms. The van der Waals surface area contributed by atoms with E-state index in [2.05, 4.69) is 0 Å². The molecule has 0 aromatic rings. The van der Waals surface area contributed by atoms with Crippen molar-refractivity contribution in [2.75, 3.05) is 6.54 Å². The first kappa shape index (κ1) is 7.92. The van der Waals surface area contributed by atoms with Crippen LogP contribution < -0.4 is 5.73 Å². The van der Waals surface area contributed by atoms with Gasteiger partial charge in [-0.15, -0.1) is 0 Å². The van der Waals surface area contributed by atoms with E-state index in [-0.39, 0.29) is 13.0 Å². The number of hydrogen-bond donors (Lipinski definition) is 2. The second kappa shape index (κ2) is 3.87. The highest BCUT2D eigenvalue weighted by molar-refractivity contribution is 5.72. The van der Waals surface area contributed by atoms with E-state index in [0.717, 1.165) is 0 Å². The lowest BCUT2D eigenvalue weighted by molar-refractivity contribution is -0.139. The second-order valence-electron chi connectivity index (χ2n) is 1.60. The summed E-state index contributed by atoms with van der Waals surface area (Å²) in [6.07, 6.45) is 0.228. The standard InChI is InChI=1S/C5H8N2O2/c6-2-1-4(3-7)5(8)9/h4H,1-2,6H2,(H,8,9). The molecular formula is C5H8N2O2. The van der Waals surface area contributed by atoms with Gasteiger partial charge >= 0.3 is 5.97 Å². The SMILES string of the molecule is N#CC(CCN)C(=O)O. The summed E-state index contributed by atoms with van der Waals surface area (Å²) < 4.78 is 0. The van der Waals surface area contributed by atoms with Crippen molar-refractivity contribution >= 4 is 5.97 Å². The van der Waals surface area contributed by atoms with Crippen molar-refractivity contribution in [3.8, 4) is 6.07 Å². The van der Waals surface area contributed by atoms with Crippen molar-refractivity contribution < 1.29 is 9.90 Å². The maximum Gasteiger partial charge on any atom is 0.320 e. The first-order chi connectivity index (χ1) is 4.22. The average molecular weight is 128 g/mol. The predicted molar refractivity (Wildman–Crippen MR) is 30.4 cm³/mol. The highest BCUT2D eigenvalue weighted by Gasteiger charge is 2.13. The quantitative estimate of drug-likeness (QED) is 0.539. The van der Waals surface area contributed by atoms with E-state index >= 15 is 0 Å². The number of carboxylic acid groups (broad SMARTS) is 1. The third-order valence-corrected chi connectivity index (χ3v) is 0.909. The van der Waals surface area contributed by atoms with Gasteiger partial charge in [-0.1, -0.05) is 0 Å². The first-order valence-electron chi connectivity index (χ1n) is 2.55. The summed E-state index contributed by atoms with van der Waals surface area (Å²) in [5.74, 6) is -2.03. The molecule has 0 saturated carbocycles. The molecule has 4 nitrogen and oxygen atoms in total. The Morgan fingerprint density at radius 3 is 2.56 bits per heavy atom. The Balaban J connectivity index is 3.72.